The van der Waals surface area contributed by atoms with Crippen LogP contribution in [0.1, 0.15) is 11.1 Å². The highest BCUT2D eigenvalue weighted by Gasteiger charge is 2.47. The molecule has 2 atom stereocenters. The number of amidine groups is 1. The molecule has 0 aliphatic carbocycles. The summed E-state index contributed by atoms with van der Waals surface area (Å²) < 4.78 is 39.6. The number of aryl methyl sites for hydroxylation is 1. The van der Waals surface area contributed by atoms with Crippen LogP contribution in [0.15, 0.2) is 45.9 Å². The Morgan fingerprint density at radius 2 is 2.06 bits per heavy atom. The predicted octanol–water partition coefficient (Wildman–Crippen LogP) is 3.92. The molecule has 6 nitrogen and oxygen atoms in total. The van der Waals surface area contributed by atoms with Crippen LogP contribution in [0.4, 0.5) is 15.8 Å². The lowest BCUT2D eigenvalue weighted by atomic mass is 10.1. The Labute approximate surface area is 193 Å². The van der Waals surface area contributed by atoms with Crippen molar-refractivity contribution >= 4 is 60.0 Å². The van der Waals surface area contributed by atoms with Crippen molar-refractivity contribution in [3.63, 3.8) is 0 Å². The minimum Gasteiger partial charge on any atom is -0.325 e. The molecule has 2 aromatic rings. The van der Waals surface area contributed by atoms with Gasteiger partial charge in [0.25, 0.3) is 0 Å². The van der Waals surface area contributed by atoms with Gasteiger partial charge in [-0.05, 0) is 49.2 Å². The third kappa shape index (κ3) is 4.65. The lowest BCUT2D eigenvalue weighted by Gasteiger charge is -2.26. The summed E-state index contributed by atoms with van der Waals surface area (Å²) in [6.45, 7) is 3.92. The lowest BCUT2D eigenvalue weighted by Crippen LogP contribution is -2.40. The molecule has 1 saturated heterocycles. The summed E-state index contributed by atoms with van der Waals surface area (Å²) in [5, 5.41) is 3.36. The largest absolute Gasteiger partial charge is 0.325 e. The van der Waals surface area contributed by atoms with E-state index in [1.54, 1.807) is 17.0 Å². The molecule has 0 unspecified atom stereocenters. The number of nitrogens with zero attached hydrogens (tertiary/aromatic N) is 2. The van der Waals surface area contributed by atoms with E-state index in [0.717, 1.165) is 16.8 Å². The SMILES string of the molecule is Cc1cccc(NC(=O)CSC2=N[C@@H]3CS(=O)(=O)C[C@@H]3N2c2ccc(Br)cc2F)c1C. The van der Waals surface area contributed by atoms with Crippen molar-refractivity contribution in [3.8, 4) is 0 Å². The molecule has 2 heterocycles. The molecule has 0 saturated carbocycles. The number of thioether (sulfide) groups is 1. The van der Waals surface area contributed by atoms with Gasteiger partial charge in [0, 0.05) is 10.2 Å². The van der Waals surface area contributed by atoms with Gasteiger partial charge in [-0.25, -0.2) is 12.8 Å². The van der Waals surface area contributed by atoms with E-state index < -0.39 is 27.7 Å². The molecule has 164 valence electrons. The Morgan fingerprint density at radius 3 is 2.81 bits per heavy atom. The van der Waals surface area contributed by atoms with Gasteiger partial charge >= 0.3 is 0 Å². The third-order valence-corrected chi connectivity index (χ3v) is 8.65. The van der Waals surface area contributed by atoms with Crippen LogP contribution >= 0.6 is 27.7 Å². The van der Waals surface area contributed by atoms with Crippen LogP contribution in [0.25, 0.3) is 0 Å². The molecule has 0 bridgehead atoms. The number of rotatable bonds is 4. The fourth-order valence-corrected chi connectivity index (χ4v) is 6.89. The van der Waals surface area contributed by atoms with Gasteiger partial charge in [0.15, 0.2) is 15.0 Å². The Balaban J connectivity index is 1.54. The van der Waals surface area contributed by atoms with E-state index in [4.69, 9.17) is 0 Å². The summed E-state index contributed by atoms with van der Waals surface area (Å²) in [5.74, 6) is -0.761. The topological polar surface area (TPSA) is 78.8 Å². The molecular weight excluding hydrogens is 505 g/mol. The van der Waals surface area contributed by atoms with Crippen molar-refractivity contribution in [2.75, 3.05) is 27.5 Å². The van der Waals surface area contributed by atoms with E-state index >= 15 is 0 Å². The number of sulfone groups is 1. The summed E-state index contributed by atoms with van der Waals surface area (Å²) in [5.41, 5.74) is 3.08. The highest BCUT2D eigenvalue weighted by Crippen LogP contribution is 2.37. The van der Waals surface area contributed by atoms with Gasteiger partial charge in [0.1, 0.15) is 5.82 Å². The normalized spacial score (nSPS) is 21.7. The van der Waals surface area contributed by atoms with Crippen LogP contribution in [0.3, 0.4) is 0 Å². The van der Waals surface area contributed by atoms with E-state index in [0.29, 0.717) is 9.64 Å². The van der Waals surface area contributed by atoms with Crippen LogP contribution in [0.2, 0.25) is 0 Å². The zero-order valence-corrected chi connectivity index (χ0v) is 20.2. The fourth-order valence-electron chi connectivity index (χ4n) is 3.79. The van der Waals surface area contributed by atoms with Crippen molar-refractivity contribution in [3.05, 3.63) is 57.8 Å². The maximum Gasteiger partial charge on any atom is 0.234 e. The van der Waals surface area contributed by atoms with Crippen LogP contribution in [0, 0.1) is 19.7 Å². The molecule has 31 heavy (non-hydrogen) atoms. The van der Waals surface area contributed by atoms with Crippen molar-refractivity contribution in [1.29, 1.82) is 0 Å². The number of aliphatic imine (C=N–C) groups is 1. The van der Waals surface area contributed by atoms with Crippen molar-refractivity contribution in [2.45, 2.75) is 25.9 Å². The highest BCUT2D eigenvalue weighted by atomic mass is 79.9. The molecule has 1 amide bonds. The summed E-state index contributed by atoms with van der Waals surface area (Å²) >= 11 is 4.43. The quantitative estimate of drug-likeness (QED) is 0.654. The third-order valence-electron chi connectivity index (χ3n) is 5.49. The van der Waals surface area contributed by atoms with Crippen LogP contribution in [0.5, 0.6) is 0 Å². The van der Waals surface area contributed by atoms with Crippen LogP contribution in [-0.2, 0) is 14.6 Å². The summed E-state index contributed by atoms with van der Waals surface area (Å²) in [7, 11) is -3.24. The summed E-state index contributed by atoms with van der Waals surface area (Å²) in [6, 6.07) is 9.40. The molecule has 0 spiro atoms. The Morgan fingerprint density at radius 1 is 1.29 bits per heavy atom. The van der Waals surface area contributed by atoms with Gasteiger partial charge in [-0.1, -0.05) is 39.8 Å². The first-order valence-corrected chi connectivity index (χ1v) is 13.3. The second-order valence-electron chi connectivity index (χ2n) is 7.67. The van der Waals surface area contributed by atoms with Gasteiger partial charge in [-0.3, -0.25) is 9.79 Å². The number of anilines is 2. The highest BCUT2D eigenvalue weighted by molar-refractivity contribution is 9.10. The smallest absolute Gasteiger partial charge is 0.234 e. The average molecular weight is 526 g/mol. The van der Waals surface area contributed by atoms with E-state index in [-0.39, 0.29) is 28.9 Å². The molecule has 10 heteroatoms. The van der Waals surface area contributed by atoms with Gasteiger partial charge < -0.3 is 10.2 Å². The molecular formula is C21H21BrFN3O3S2. The number of carbonyl (C=O) groups is 1. The first-order chi connectivity index (χ1) is 14.6. The molecule has 4 rings (SSSR count). The van der Waals surface area contributed by atoms with E-state index in [9.17, 15) is 17.6 Å². The first kappa shape index (κ1) is 22.3. The predicted molar refractivity (Wildman–Crippen MR) is 127 cm³/mol. The zero-order valence-electron chi connectivity index (χ0n) is 16.9. The number of hydrogen-bond acceptors (Lipinski definition) is 6. The minimum absolute atomic E-state index is 0.0644. The molecule has 2 aromatic carbocycles. The Kier molecular flexibility index (Phi) is 6.15. The number of amides is 1. The second-order valence-corrected chi connectivity index (χ2v) is 11.7. The van der Waals surface area contributed by atoms with Gasteiger partial charge in [-0.15, -0.1) is 0 Å². The molecule has 0 aromatic heterocycles. The van der Waals surface area contributed by atoms with Crippen molar-refractivity contribution in [2.24, 2.45) is 4.99 Å². The number of halogens is 2. The number of fused-ring (bicyclic) bond motifs is 1. The van der Waals surface area contributed by atoms with Gasteiger partial charge in [0.05, 0.1) is 35.0 Å². The monoisotopic (exact) mass is 525 g/mol. The number of carbonyl (C=O) groups excluding carboxylic acids is 1. The zero-order chi connectivity index (χ0) is 22.3. The van der Waals surface area contributed by atoms with E-state index in [1.165, 1.54) is 17.8 Å². The van der Waals surface area contributed by atoms with E-state index in [1.807, 2.05) is 32.0 Å². The number of benzene rings is 2. The lowest BCUT2D eigenvalue weighted by molar-refractivity contribution is -0.113. The summed E-state index contributed by atoms with van der Waals surface area (Å²) in [4.78, 5) is 18.7. The Hall–Kier alpha value is -1.91. The van der Waals surface area contributed by atoms with Crippen LogP contribution < -0.4 is 10.2 Å². The second kappa shape index (κ2) is 8.55. The molecule has 1 fully saturated rings. The summed E-state index contributed by atoms with van der Waals surface area (Å²) in [6.07, 6.45) is 0. The van der Waals surface area contributed by atoms with Gasteiger partial charge in [0.2, 0.25) is 5.91 Å². The molecule has 1 N–H and O–H groups in total. The molecule has 2 aliphatic rings. The van der Waals surface area contributed by atoms with E-state index in [2.05, 4.69) is 26.2 Å². The van der Waals surface area contributed by atoms with Crippen LogP contribution in [-0.4, -0.2) is 48.8 Å². The average Bonchev–Trinajstić information content (AvgIpc) is 3.15. The molecule has 0 radical (unpaired) electrons. The maximum atomic E-state index is 14.7. The standard InChI is InChI=1S/C21H21BrFN3O3S2/c1-12-4-3-5-16(13(12)2)24-20(27)9-30-21-25-17-10-31(28,29)11-19(17)26(21)18-7-6-14(22)8-15(18)23/h3-8,17,19H,9-11H2,1-2H3,(H,24,27)/t17-,19+/m1/s1. The number of hydrogen-bond donors (Lipinski definition) is 1. The molecule has 2 aliphatic heterocycles. The first-order valence-electron chi connectivity index (χ1n) is 9.66. The van der Waals surface area contributed by atoms with Gasteiger partial charge in [-0.2, -0.15) is 0 Å². The fraction of sp³-hybridized carbons (Fsp3) is 0.333. The number of nitrogens with one attached hydrogen (secondary N) is 1. The van der Waals surface area contributed by atoms with Crippen molar-refractivity contribution in [1.82, 2.24) is 0 Å². The maximum absolute atomic E-state index is 14.7. The minimum atomic E-state index is -3.24. The van der Waals surface area contributed by atoms with Crippen molar-refractivity contribution < 1.29 is 17.6 Å². The Bertz CT molecular complexity index is 1190.